The Hall–Kier alpha value is -2.82. The minimum Gasteiger partial charge on any atom is -0.491 e. The van der Waals surface area contributed by atoms with E-state index in [1.807, 2.05) is 31.2 Å². The van der Waals surface area contributed by atoms with Crippen molar-refractivity contribution in [1.29, 1.82) is 5.26 Å². The molecule has 0 saturated carbocycles. The topological polar surface area (TPSA) is 94.6 Å². The smallest absolute Gasteiger partial charge is 0.259 e. The lowest BCUT2D eigenvalue weighted by atomic mass is 10.1. The number of rotatable bonds is 10. The Morgan fingerprint density at radius 2 is 1.79 bits per heavy atom. The number of ether oxygens (including phenoxy) is 3. The SMILES string of the molecule is Cc1ccc(OCCOCCOc2ccc(Br)cc2/C=C(/C#N)C(N)=O)cc1. The first kappa shape index (κ1) is 21.5. The van der Waals surface area contributed by atoms with Crippen molar-refractivity contribution in [2.75, 3.05) is 26.4 Å². The van der Waals surface area contributed by atoms with Crippen molar-refractivity contribution in [3.05, 3.63) is 63.6 Å². The number of halogens is 1. The second-order valence-corrected chi connectivity index (χ2v) is 6.75. The van der Waals surface area contributed by atoms with E-state index >= 15 is 0 Å². The van der Waals surface area contributed by atoms with Crippen molar-refractivity contribution in [1.82, 2.24) is 0 Å². The van der Waals surface area contributed by atoms with Gasteiger partial charge in [-0.2, -0.15) is 5.26 Å². The average molecular weight is 445 g/mol. The molecule has 2 aromatic rings. The number of primary amides is 1. The lowest BCUT2D eigenvalue weighted by molar-refractivity contribution is -0.114. The Morgan fingerprint density at radius 1 is 1.11 bits per heavy atom. The number of nitriles is 1. The zero-order valence-corrected chi connectivity index (χ0v) is 17.1. The van der Waals surface area contributed by atoms with Crippen LogP contribution in [0.4, 0.5) is 0 Å². The molecule has 0 bridgehead atoms. The summed E-state index contributed by atoms with van der Waals surface area (Å²) in [6.45, 7) is 3.58. The van der Waals surface area contributed by atoms with Crippen LogP contribution in [0.2, 0.25) is 0 Å². The molecule has 2 N–H and O–H groups in total. The molecule has 0 radical (unpaired) electrons. The van der Waals surface area contributed by atoms with Crippen LogP contribution in [-0.4, -0.2) is 32.3 Å². The highest BCUT2D eigenvalue weighted by Crippen LogP contribution is 2.25. The molecule has 1 amide bonds. The molecule has 146 valence electrons. The van der Waals surface area contributed by atoms with E-state index in [1.54, 1.807) is 24.3 Å². The van der Waals surface area contributed by atoms with Crippen LogP contribution in [0.5, 0.6) is 11.5 Å². The van der Waals surface area contributed by atoms with Crippen LogP contribution in [0.3, 0.4) is 0 Å². The third kappa shape index (κ3) is 7.06. The highest BCUT2D eigenvalue weighted by molar-refractivity contribution is 9.10. The number of nitrogens with two attached hydrogens (primary N) is 1. The number of benzene rings is 2. The second-order valence-electron chi connectivity index (χ2n) is 5.84. The van der Waals surface area contributed by atoms with Gasteiger partial charge in [0.15, 0.2) is 0 Å². The summed E-state index contributed by atoms with van der Waals surface area (Å²) in [7, 11) is 0. The molecule has 7 heteroatoms. The molecule has 6 nitrogen and oxygen atoms in total. The summed E-state index contributed by atoms with van der Waals surface area (Å²) in [5.74, 6) is 0.543. The lowest BCUT2D eigenvalue weighted by Crippen LogP contribution is -2.13. The normalized spacial score (nSPS) is 11.0. The van der Waals surface area contributed by atoms with Gasteiger partial charge in [-0.1, -0.05) is 33.6 Å². The zero-order chi connectivity index (χ0) is 20.4. The Labute approximate surface area is 172 Å². The summed E-state index contributed by atoms with van der Waals surface area (Å²) in [5, 5.41) is 9.01. The maximum absolute atomic E-state index is 11.3. The van der Waals surface area contributed by atoms with E-state index in [-0.39, 0.29) is 5.57 Å². The first-order valence-electron chi connectivity index (χ1n) is 8.61. The van der Waals surface area contributed by atoms with E-state index in [0.29, 0.717) is 37.7 Å². The molecule has 2 rings (SSSR count). The fraction of sp³-hybridized carbons (Fsp3) is 0.238. The molecule has 0 heterocycles. The summed E-state index contributed by atoms with van der Waals surface area (Å²) in [4.78, 5) is 11.3. The summed E-state index contributed by atoms with van der Waals surface area (Å²) in [5.41, 5.74) is 6.80. The van der Waals surface area contributed by atoms with Crippen molar-refractivity contribution >= 4 is 27.9 Å². The average Bonchev–Trinajstić information content (AvgIpc) is 2.67. The molecule has 0 aliphatic rings. The minimum atomic E-state index is -0.787. The van der Waals surface area contributed by atoms with Gasteiger partial charge in [0.1, 0.15) is 36.4 Å². The van der Waals surface area contributed by atoms with Crippen LogP contribution in [0.25, 0.3) is 6.08 Å². The fourth-order valence-electron chi connectivity index (χ4n) is 2.24. The number of nitrogens with zero attached hydrogens (tertiary/aromatic N) is 1. The maximum atomic E-state index is 11.3. The largest absolute Gasteiger partial charge is 0.491 e. The molecule has 0 fully saturated rings. The third-order valence-corrected chi connectivity index (χ3v) is 4.15. The Morgan fingerprint density at radius 3 is 2.43 bits per heavy atom. The number of amides is 1. The van der Waals surface area contributed by atoms with Gasteiger partial charge >= 0.3 is 0 Å². The lowest BCUT2D eigenvalue weighted by Gasteiger charge is -2.11. The van der Waals surface area contributed by atoms with Crippen LogP contribution in [-0.2, 0) is 9.53 Å². The van der Waals surface area contributed by atoms with Crippen LogP contribution >= 0.6 is 15.9 Å². The van der Waals surface area contributed by atoms with Gasteiger partial charge in [0.2, 0.25) is 0 Å². The number of carbonyl (C=O) groups excluding carboxylic acids is 1. The van der Waals surface area contributed by atoms with Crippen molar-refractivity contribution in [2.45, 2.75) is 6.92 Å². The first-order valence-corrected chi connectivity index (χ1v) is 9.40. The van der Waals surface area contributed by atoms with E-state index in [4.69, 9.17) is 25.2 Å². The van der Waals surface area contributed by atoms with Crippen LogP contribution in [0.1, 0.15) is 11.1 Å². The molecule has 0 aromatic heterocycles. The van der Waals surface area contributed by atoms with Crippen LogP contribution in [0, 0.1) is 18.3 Å². The van der Waals surface area contributed by atoms with Crippen molar-refractivity contribution < 1.29 is 19.0 Å². The second kappa shape index (κ2) is 11.1. The molecular formula is C21H21BrN2O4. The molecule has 28 heavy (non-hydrogen) atoms. The van der Waals surface area contributed by atoms with Crippen molar-refractivity contribution in [2.24, 2.45) is 5.73 Å². The number of hydrogen-bond donors (Lipinski definition) is 1. The predicted molar refractivity (Wildman–Crippen MR) is 110 cm³/mol. The predicted octanol–water partition coefficient (Wildman–Crippen LogP) is 3.62. The van der Waals surface area contributed by atoms with Crippen molar-refractivity contribution in [3.63, 3.8) is 0 Å². The van der Waals surface area contributed by atoms with Crippen molar-refractivity contribution in [3.8, 4) is 17.6 Å². The van der Waals surface area contributed by atoms with Gasteiger partial charge in [0.05, 0.1) is 13.2 Å². The standard InChI is InChI=1S/C21H21BrN2O4/c1-15-2-5-19(6-3-15)27-10-8-26-9-11-28-20-7-4-18(22)13-16(20)12-17(14-23)21(24)25/h2-7,12-13H,8-11H2,1H3,(H2,24,25)/b17-12-. The molecule has 0 aliphatic heterocycles. The van der Waals surface area contributed by atoms with Gasteiger partial charge < -0.3 is 19.9 Å². The molecule has 2 aromatic carbocycles. The monoisotopic (exact) mass is 444 g/mol. The highest BCUT2D eigenvalue weighted by Gasteiger charge is 2.08. The van der Waals surface area contributed by atoms with Crippen LogP contribution in [0.15, 0.2) is 52.5 Å². The molecule has 0 saturated heterocycles. The maximum Gasteiger partial charge on any atom is 0.259 e. The molecule has 0 aliphatic carbocycles. The van der Waals surface area contributed by atoms with Gasteiger partial charge in [-0.25, -0.2) is 0 Å². The summed E-state index contributed by atoms with van der Waals surface area (Å²) < 4.78 is 17.6. The Kier molecular flexibility index (Phi) is 8.53. The summed E-state index contributed by atoms with van der Waals surface area (Å²) in [6.07, 6.45) is 1.40. The van der Waals surface area contributed by atoms with Crippen LogP contribution < -0.4 is 15.2 Å². The fourth-order valence-corrected chi connectivity index (χ4v) is 2.62. The van der Waals surface area contributed by atoms with Gasteiger partial charge in [-0.05, 0) is 43.3 Å². The van der Waals surface area contributed by atoms with E-state index in [0.717, 1.165) is 10.2 Å². The van der Waals surface area contributed by atoms with Gasteiger partial charge in [0.25, 0.3) is 5.91 Å². The number of aryl methyl sites for hydroxylation is 1. The van der Waals surface area contributed by atoms with Gasteiger partial charge in [-0.15, -0.1) is 0 Å². The molecule has 0 atom stereocenters. The Bertz CT molecular complexity index is 873. The zero-order valence-electron chi connectivity index (χ0n) is 15.5. The Balaban J connectivity index is 1.79. The van der Waals surface area contributed by atoms with E-state index in [1.165, 1.54) is 11.6 Å². The third-order valence-electron chi connectivity index (χ3n) is 3.66. The minimum absolute atomic E-state index is 0.146. The highest BCUT2D eigenvalue weighted by atomic mass is 79.9. The quantitative estimate of drug-likeness (QED) is 0.343. The molecule has 0 spiro atoms. The summed E-state index contributed by atoms with van der Waals surface area (Å²) >= 11 is 3.36. The van der Waals surface area contributed by atoms with E-state index in [2.05, 4.69) is 15.9 Å². The first-order chi connectivity index (χ1) is 13.5. The van der Waals surface area contributed by atoms with Gasteiger partial charge in [-0.3, -0.25) is 4.79 Å². The molecule has 0 unspecified atom stereocenters. The van der Waals surface area contributed by atoms with E-state index in [9.17, 15) is 4.79 Å². The number of hydrogen-bond acceptors (Lipinski definition) is 5. The van der Waals surface area contributed by atoms with Gasteiger partial charge in [0, 0.05) is 10.0 Å². The number of carbonyl (C=O) groups is 1. The van der Waals surface area contributed by atoms with E-state index < -0.39 is 5.91 Å². The molecular weight excluding hydrogens is 424 g/mol. The summed E-state index contributed by atoms with van der Waals surface area (Å²) in [6, 6.07) is 14.9.